The van der Waals surface area contributed by atoms with Gasteiger partial charge < -0.3 is 16.1 Å². The van der Waals surface area contributed by atoms with E-state index in [0.717, 1.165) is 0 Å². The molecule has 0 saturated heterocycles. The first-order valence-electron chi connectivity index (χ1n) is 3.48. The van der Waals surface area contributed by atoms with Crippen molar-refractivity contribution in [1.82, 2.24) is 6.15 Å². The molecule has 0 spiro atoms. The Balaban J connectivity index is 0.00000169. The molecule has 0 bridgehead atoms. The molecule has 6 heteroatoms. The molecule has 0 heterocycles. The van der Waals surface area contributed by atoms with Gasteiger partial charge >= 0.3 is 0 Å². The summed E-state index contributed by atoms with van der Waals surface area (Å²) in [7, 11) is 0. The maximum absolute atomic E-state index is 8.09. The van der Waals surface area contributed by atoms with E-state index >= 15 is 0 Å². The number of rotatable bonds is 3. The number of oxime groups is 1. The summed E-state index contributed by atoms with van der Waals surface area (Å²) in [5.74, 6) is 0.578. The second kappa shape index (κ2) is 6.48. The fourth-order valence-electron chi connectivity index (χ4n) is 0.733. The summed E-state index contributed by atoms with van der Waals surface area (Å²) in [6.07, 6.45) is 1.22. The first-order valence-corrected chi connectivity index (χ1v) is 4.23. The van der Waals surface area contributed by atoms with Gasteiger partial charge in [-0.2, -0.15) is 0 Å². The van der Waals surface area contributed by atoms with Gasteiger partial charge in [-0.1, -0.05) is 28.4 Å². The third-order valence-electron chi connectivity index (χ3n) is 1.30. The van der Waals surface area contributed by atoms with Gasteiger partial charge in [0.2, 0.25) is 0 Å². The summed E-state index contributed by atoms with van der Waals surface area (Å²) in [6.45, 7) is 0.189. The molecule has 1 aromatic rings. The van der Waals surface area contributed by atoms with Crippen molar-refractivity contribution in [2.75, 3.05) is 6.61 Å². The zero-order chi connectivity index (χ0) is 9.68. The molecule has 0 unspecified atom stereocenters. The molecule has 1 aromatic carbocycles. The fourth-order valence-corrected chi connectivity index (χ4v) is 1.02. The predicted octanol–water partition coefficient (Wildman–Crippen LogP) is 2.99. The van der Waals surface area contributed by atoms with Gasteiger partial charge in [-0.05, 0) is 12.1 Å². The third-order valence-corrected chi connectivity index (χ3v) is 2.04. The Morgan fingerprint density at radius 2 is 2.07 bits per heavy atom. The second-order valence-corrected chi connectivity index (χ2v) is 3.00. The number of halogens is 2. The molecular weight excluding hydrogens is 227 g/mol. The Morgan fingerprint density at radius 3 is 2.64 bits per heavy atom. The molecule has 14 heavy (non-hydrogen) atoms. The van der Waals surface area contributed by atoms with Crippen LogP contribution in [0.25, 0.3) is 0 Å². The molecule has 0 saturated carbocycles. The zero-order valence-electron chi connectivity index (χ0n) is 7.28. The standard InChI is InChI=1S/C8H7Cl2NO2.H3N/c9-7-2-1-6(5-8(7)10)13-4-3-11-12;/h1-3,5,12H,4H2;1H3/b11-3+;. The SMILES string of the molecule is N.O/N=C/COc1ccc(Cl)c(Cl)c1. The van der Waals surface area contributed by atoms with E-state index in [0.29, 0.717) is 15.8 Å². The average molecular weight is 237 g/mol. The van der Waals surface area contributed by atoms with Crippen molar-refractivity contribution in [3.8, 4) is 5.75 Å². The molecule has 78 valence electrons. The molecule has 0 amide bonds. The summed E-state index contributed by atoms with van der Waals surface area (Å²) in [5, 5.41) is 11.8. The highest BCUT2D eigenvalue weighted by Crippen LogP contribution is 2.25. The van der Waals surface area contributed by atoms with Crippen LogP contribution < -0.4 is 10.9 Å². The van der Waals surface area contributed by atoms with Gasteiger partial charge in [-0.25, -0.2) is 0 Å². The lowest BCUT2D eigenvalue weighted by Gasteiger charge is -2.03. The highest BCUT2D eigenvalue weighted by Gasteiger charge is 1.98. The largest absolute Gasteiger partial charge is 0.488 e. The lowest BCUT2D eigenvalue weighted by atomic mass is 10.3. The summed E-state index contributed by atoms with van der Waals surface area (Å²) < 4.78 is 5.13. The minimum atomic E-state index is 0. The van der Waals surface area contributed by atoms with Crippen LogP contribution in [0.1, 0.15) is 0 Å². The minimum absolute atomic E-state index is 0. The first-order chi connectivity index (χ1) is 6.24. The van der Waals surface area contributed by atoms with Gasteiger partial charge in [0.25, 0.3) is 0 Å². The molecule has 1 rings (SSSR count). The van der Waals surface area contributed by atoms with E-state index in [1.165, 1.54) is 6.21 Å². The van der Waals surface area contributed by atoms with Gasteiger partial charge in [0.15, 0.2) is 0 Å². The lowest BCUT2D eigenvalue weighted by molar-refractivity contribution is 0.312. The normalized spacial score (nSPS) is 9.86. The van der Waals surface area contributed by atoms with E-state index in [2.05, 4.69) is 5.16 Å². The van der Waals surface area contributed by atoms with Crippen LogP contribution in [0.2, 0.25) is 10.0 Å². The van der Waals surface area contributed by atoms with Crippen LogP contribution in [0.15, 0.2) is 23.4 Å². The van der Waals surface area contributed by atoms with Crippen LogP contribution in [0, 0.1) is 0 Å². The van der Waals surface area contributed by atoms with Gasteiger partial charge in [0, 0.05) is 6.07 Å². The van der Waals surface area contributed by atoms with Crippen LogP contribution >= 0.6 is 23.2 Å². The lowest BCUT2D eigenvalue weighted by Crippen LogP contribution is -1.97. The monoisotopic (exact) mass is 236 g/mol. The first kappa shape index (κ1) is 13.0. The summed E-state index contributed by atoms with van der Waals surface area (Å²) in [4.78, 5) is 0. The number of ether oxygens (including phenoxy) is 1. The zero-order valence-corrected chi connectivity index (χ0v) is 8.79. The van der Waals surface area contributed by atoms with Crippen LogP contribution in [0.5, 0.6) is 5.75 Å². The molecule has 0 radical (unpaired) electrons. The summed E-state index contributed by atoms with van der Waals surface area (Å²) in [6, 6.07) is 4.91. The van der Waals surface area contributed by atoms with Crippen molar-refractivity contribution in [2.45, 2.75) is 0 Å². The van der Waals surface area contributed by atoms with Gasteiger partial charge in [-0.3, -0.25) is 0 Å². The van der Waals surface area contributed by atoms with Crippen molar-refractivity contribution in [1.29, 1.82) is 0 Å². The third kappa shape index (κ3) is 3.83. The number of hydrogen-bond donors (Lipinski definition) is 2. The molecule has 0 fully saturated rings. The van der Waals surface area contributed by atoms with Crippen LogP contribution in [0.3, 0.4) is 0 Å². The smallest absolute Gasteiger partial charge is 0.127 e. The van der Waals surface area contributed by atoms with E-state index in [1.807, 2.05) is 0 Å². The molecule has 4 nitrogen and oxygen atoms in total. The maximum Gasteiger partial charge on any atom is 0.127 e. The molecule has 0 aliphatic heterocycles. The van der Waals surface area contributed by atoms with Crippen LogP contribution in [-0.4, -0.2) is 18.0 Å². The van der Waals surface area contributed by atoms with Crippen molar-refractivity contribution >= 4 is 29.4 Å². The average Bonchev–Trinajstić information content (AvgIpc) is 2.12. The Kier molecular flexibility index (Phi) is 6.03. The molecule has 0 aromatic heterocycles. The Hall–Kier alpha value is -0.970. The fraction of sp³-hybridized carbons (Fsp3) is 0.125. The van der Waals surface area contributed by atoms with Crippen molar-refractivity contribution in [2.24, 2.45) is 5.16 Å². The number of nitrogens with zero attached hydrogens (tertiary/aromatic N) is 1. The van der Waals surface area contributed by atoms with E-state index in [4.69, 9.17) is 33.1 Å². The highest BCUT2D eigenvalue weighted by atomic mass is 35.5. The van der Waals surface area contributed by atoms with E-state index in [1.54, 1.807) is 18.2 Å². The van der Waals surface area contributed by atoms with Gasteiger partial charge in [-0.15, -0.1) is 0 Å². The number of hydrogen-bond acceptors (Lipinski definition) is 4. The molecule has 0 aliphatic carbocycles. The van der Waals surface area contributed by atoms with Gasteiger partial charge in [0.1, 0.15) is 12.4 Å². The van der Waals surface area contributed by atoms with Crippen molar-refractivity contribution in [3.63, 3.8) is 0 Å². The van der Waals surface area contributed by atoms with Crippen molar-refractivity contribution < 1.29 is 9.94 Å². The Morgan fingerprint density at radius 1 is 1.36 bits per heavy atom. The molecule has 0 aliphatic rings. The van der Waals surface area contributed by atoms with Gasteiger partial charge in [0.05, 0.1) is 16.3 Å². The number of benzene rings is 1. The summed E-state index contributed by atoms with van der Waals surface area (Å²) >= 11 is 11.4. The van der Waals surface area contributed by atoms with E-state index < -0.39 is 0 Å². The Labute approximate surface area is 91.7 Å². The topological polar surface area (TPSA) is 76.8 Å². The highest BCUT2D eigenvalue weighted by molar-refractivity contribution is 6.42. The summed E-state index contributed by atoms with van der Waals surface area (Å²) in [5.41, 5.74) is 0. The van der Waals surface area contributed by atoms with Crippen molar-refractivity contribution in [3.05, 3.63) is 28.2 Å². The van der Waals surface area contributed by atoms with E-state index in [9.17, 15) is 0 Å². The minimum Gasteiger partial charge on any atom is -0.488 e. The Bertz CT molecular complexity index is 318. The van der Waals surface area contributed by atoms with Crippen LogP contribution in [0.4, 0.5) is 0 Å². The second-order valence-electron chi connectivity index (χ2n) is 2.18. The van der Waals surface area contributed by atoms with E-state index in [-0.39, 0.29) is 12.8 Å². The molecule has 4 N–H and O–H groups in total. The predicted molar refractivity (Wildman–Crippen MR) is 57.3 cm³/mol. The van der Waals surface area contributed by atoms with Crippen LogP contribution in [-0.2, 0) is 0 Å². The maximum atomic E-state index is 8.09. The molecule has 0 atom stereocenters. The molecular formula is C8H10Cl2N2O2. The quantitative estimate of drug-likeness (QED) is 0.482.